The quantitative estimate of drug-likeness (QED) is 0.0441. The summed E-state index contributed by atoms with van der Waals surface area (Å²) >= 11 is 0. The maximum absolute atomic E-state index is 11.6. The van der Waals surface area contributed by atoms with E-state index >= 15 is 0 Å². The number of furan rings is 1. The summed E-state index contributed by atoms with van der Waals surface area (Å²) in [5.74, 6) is -11.3. The molecule has 2 radical (unpaired) electrons. The Bertz CT molecular complexity index is 3180. The number of phenols is 10. The van der Waals surface area contributed by atoms with Gasteiger partial charge >= 0.3 is 0 Å². The fourth-order valence-corrected chi connectivity index (χ4v) is 7.20. The van der Waals surface area contributed by atoms with Crippen molar-refractivity contribution < 1.29 is 55.5 Å². The number of hydrogen-bond donors (Lipinski definition) is 10. The van der Waals surface area contributed by atoms with Crippen LogP contribution in [0.3, 0.4) is 0 Å². The van der Waals surface area contributed by atoms with Gasteiger partial charge in [0.25, 0.3) is 0 Å². The van der Waals surface area contributed by atoms with Gasteiger partial charge in [-0.1, -0.05) is 103 Å². The van der Waals surface area contributed by atoms with Crippen molar-refractivity contribution in [2.24, 2.45) is 0 Å². The molecule has 9 rings (SSSR count). The standard InChI is InChI=1S/C45H28BN3O11/c46-30-31(50)27-28-35(54)34(53)26(38(57)41(28)60-42(27)40(59)39(30)58)25-32(51)36(55)29(37(56)33(25)52)45-48-43(22-16-14-21(15-17-22)19-8-3-1-4-9-19)47-44(49-45)24-13-7-12-23(18-24)20-10-5-2-6-11-20/h1-18,50-59H. The van der Waals surface area contributed by atoms with Crippen LogP contribution in [0.4, 0.5) is 0 Å². The molecular formula is C45H28BN3O11. The average molecular weight is 798 g/mol. The van der Waals surface area contributed by atoms with E-state index in [1.807, 2.05) is 84.9 Å². The normalized spacial score (nSPS) is 11.4. The van der Waals surface area contributed by atoms with Crippen LogP contribution in [0.2, 0.25) is 0 Å². The first-order valence-electron chi connectivity index (χ1n) is 18.0. The second-order valence-corrected chi connectivity index (χ2v) is 13.7. The number of fused-ring (bicyclic) bond motifs is 3. The number of nitrogens with zero attached hydrogens (tertiary/aromatic N) is 3. The van der Waals surface area contributed by atoms with Crippen LogP contribution in [0.25, 0.3) is 89.5 Å². The molecule has 0 fully saturated rings. The van der Waals surface area contributed by atoms with Crippen LogP contribution >= 0.6 is 0 Å². The molecule has 2 aromatic heterocycles. The smallest absolute Gasteiger partial charge is 0.201 e. The molecule has 0 bridgehead atoms. The van der Waals surface area contributed by atoms with Crippen molar-refractivity contribution in [1.82, 2.24) is 15.0 Å². The fourth-order valence-electron chi connectivity index (χ4n) is 7.20. The predicted molar refractivity (Wildman–Crippen MR) is 222 cm³/mol. The Hall–Kier alpha value is -8.59. The highest BCUT2D eigenvalue weighted by Crippen LogP contribution is 2.62. The van der Waals surface area contributed by atoms with Gasteiger partial charge in [0.05, 0.1) is 21.9 Å². The maximum atomic E-state index is 11.6. The summed E-state index contributed by atoms with van der Waals surface area (Å²) in [5, 5.41) is 110. The second-order valence-electron chi connectivity index (χ2n) is 13.7. The first-order valence-corrected chi connectivity index (χ1v) is 18.0. The second kappa shape index (κ2) is 13.8. The highest BCUT2D eigenvalue weighted by molar-refractivity contribution is 6.39. The molecule has 0 atom stereocenters. The molecule has 60 heavy (non-hydrogen) atoms. The Balaban J connectivity index is 1.25. The summed E-state index contributed by atoms with van der Waals surface area (Å²) in [4.78, 5) is 13.8. The van der Waals surface area contributed by atoms with E-state index < -0.39 is 107 Å². The highest BCUT2D eigenvalue weighted by atomic mass is 16.4. The Kier molecular flexibility index (Phi) is 8.52. The molecule has 0 aliphatic carbocycles. The first-order chi connectivity index (χ1) is 28.8. The van der Waals surface area contributed by atoms with Gasteiger partial charge in [-0.15, -0.1) is 0 Å². The van der Waals surface area contributed by atoms with Gasteiger partial charge in [-0.3, -0.25) is 0 Å². The molecule has 10 N–H and O–H groups in total. The van der Waals surface area contributed by atoms with Crippen LogP contribution in [-0.4, -0.2) is 73.9 Å². The van der Waals surface area contributed by atoms with E-state index in [2.05, 4.69) is 9.97 Å². The SMILES string of the molecule is [B]c1c(O)c(O)c2oc3c(O)c(-c4c(O)c(O)c(-c5nc(-c6ccc(-c7ccccc7)cc6)nc(-c6cccc(-c7ccccc7)c6)n5)c(O)c4O)c(O)c(O)c3c2c1O. The van der Waals surface area contributed by atoms with Crippen LogP contribution in [0.5, 0.6) is 57.5 Å². The Morgan fingerprint density at radius 2 is 0.750 bits per heavy atom. The van der Waals surface area contributed by atoms with Crippen molar-refractivity contribution >= 4 is 35.2 Å². The van der Waals surface area contributed by atoms with Crippen molar-refractivity contribution in [2.75, 3.05) is 0 Å². The van der Waals surface area contributed by atoms with E-state index in [0.29, 0.717) is 11.1 Å². The summed E-state index contributed by atoms with van der Waals surface area (Å²) in [5.41, 5.74) is -0.159. The topological polar surface area (TPSA) is 254 Å². The maximum Gasteiger partial charge on any atom is 0.201 e. The van der Waals surface area contributed by atoms with Crippen LogP contribution in [0.15, 0.2) is 114 Å². The van der Waals surface area contributed by atoms with Crippen molar-refractivity contribution in [1.29, 1.82) is 0 Å². The lowest BCUT2D eigenvalue weighted by Crippen LogP contribution is -2.03. The number of benzene rings is 7. The zero-order valence-corrected chi connectivity index (χ0v) is 30.7. The number of hydrogen-bond acceptors (Lipinski definition) is 14. The molecule has 0 aliphatic rings. The molecule has 2 heterocycles. The van der Waals surface area contributed by atoms with Gasteiger partial charge < -0.3 is 55.5 Å². The van der Waals surface area contributed by atoms with Crippen LogP contribution in [0.1, 0.15) is 0 Å². The lowest BCUT2D eigenvalue weighted by molar-refractivity contribution is 0.374. The van der Waals surface area contributed by atoms with Gasteiger partial charge in [-0.2, -0.15) is 0 Å². The third kappa shape index (κ3) is 5.63. The summed E-state index contributed by atoms with van der Waals surface area (Å²) < 4.78 is 5.48. The van der Waals surface area contributed by atoms with Crippen molar-refractivity contribution in [3.8, 4) is 125 Å². The van der Waals surface area contributed by atoms with Gasteiger partial charge in [-0.25, -0.2) is 15.0 Å². The number of aromatic hydroxyl groups is 10. The first kappa shape index (κ1) is 37.0. The zero-order valence-electron chi connectivity index (χ0n) is 30.7. The van der Waals surface area contributed by atoms with Crippen LogP contribution < -0.4 is 5.46 Å². The van der Waals surface area contributed by atoms with Gasteiger partial charge in [0, 0.05) is 11.1 Å². The molecule has 0 saturated carbocycles. The molecule has 0 amide bonds. The predicted octanol–water partition coefficient (Wildman–Crippen LogP) is 7.62. The minimum Gasteiger partial charge on any atom is -0.508 e. The number of aromatic nitrogens is 3. The van der Waals surface area contributed by atoms with E-state index in [0.717, 1.165) is 22.3 Å². The van der Waals surface area contributed by atoms with Crippen molar-refractivity contribution in [2.45, 2.75) is 0 Å². The summed E-state index contributed by atoms with van der Waals surface area (Å²) in [7, 11) is 5.68. The van der Waals surface area contributed by atoms with E-state index in [9.17, 15) is 51.1 Å². The largest absolute Gasteiger partial charge is 0.508 e. The van der Waals surface area contributed by atoms with Crippen LogP contribution in [-0.2, 0) is 0 Å². The van der Waals surface area contributed by atoms with E-state index in [1.54, 1.807) is 24.3 Å². The molecule has 0 spiro atoms. The minimum absolute atomic E-state index is 0.0790. The van der Waals surface area contributed by atoms with E-state index in [-0.39, 0.29) is 11.6 Å². The number of phenolic OH excluding ortho intramolecular Hbond substituents is 10. The lowest BCUT2D eigenvalue weighted by atomic mass is 9.90. The molecule has 15 heteroatoms. The molecule has 0 unspecified atom stereocenters. The van der Waals surface area contributed by atoms with Crippen molar-refractivity contribution in [3.05, 3.63) is 109 Å². The third-order valence-corrected chi connectivity index (χ3v) is 10.2. The van der Waals surface area contributed by atoms with Gasteiger partial charge in [-0.05, 0) is 33.8 Å². The molecule has 292 valence electrons. The number of rotatable bonds is 6. The Morgan fingerprint density at radius 3 is 1.37 bits per heavy atom. The Morgan fingerprint density at radius 1 is 0.333 bits per heavy atom. The fraction of sp³-hybridized carbons (Fsp3) is 0. The Labute approximate surface area is 339 Å². The summed E-state index contributed by atoms with van der Waals surface area (Å²) in [6, 6.07) is 33.7. The molecule has 0 saturated heterocycles. The molecule has 9 aromatic rings. The molecular weight excluding hydrogens is 769 g/mol. The van der Waals surface area contributed by atoms with E-state index in [1.165, 1.54) is 0 Å². The molecule has 14 nitrogen and oxygen atoms in total. The molecule has 0 aliphatic heterocycles. The van der Waals surface area contributed by atoms with E-state index in [4.69, 9.17) is 17.2 Å². The monoisotopic (exact) mass is 797 g/mol. The minimum atomic E-state index is -1.24. The average Bonchev–Trinajstić information content (AvgIpc) is 3.70. The summed E-state index contributed by atoms with van der Waals surface area (Å²) in [6.07, 6.45) is 0. The van der Waals surface area contributed by atoms with Gasteiger partial charge in [0.2, 0.25) is 5.75 Å². The lowest BCUT2D eigenvalue weighted by Gasteiger charge is -2.18. The summed E-state index contributed by atoms with van der Waals surface area (Å²) in [6.45, 7) is 0. The highest BCUT2D eigenvalue weighted by Gasteiger charge is 2.35. The zero-order chi connectivity index (χ0) is 42.1. The van der Waals surface area contributed by atoms with Gasteiger partial charge in [0.1, 0.15) is 19.2 Å². The molecule has 7 aromatic carbocycles. The van der Waals surface area contributed by atoms with Crippen molar-refractivity contribution in [3.63, 3.8) is 0 Å². The van der Waals surface area contributed by atoms with Gasteiger partial charge in [0.15, 0.2) is 74.6 Å². The van der Waals surface area contributed by atoms with Crippen LogP contribution in [0, 0.1) is 0 Å². The third-order valence-electron chi connectivity index (χ3n) is 10.2.